The summed E-state index contributed by atoms with van der Waals surface area (Å²) in [6, 6.07) is 0. The molecule has 4 heteroatoms. The molecule has 0 bridgehead atoms. The van der Waals surface area contributed by atoms with E-state index in [1.54, 1.807) is 0 Å². The van der Waals surface area contributed by atoms with Gasteiger partial charge < -0.3 is 4.74 Å². The number of carbonyl (C=O) groups excluding carboxylic acids is 3. The van der Waals surface area contributed by atoms with Gasteiger partial charge in [0.1, 0.15) is 17.2 Å². The quantitative estimate of drug-likeness (QED) is 0.631. The highest BCUT2D eigenvalue weighted by molar-refractivity contribution is 5.90. The minimum Gasteiger partial charge on any atom is -0.458 e. The Kier molecular flexibility index (Phi) is 3.31. The van der Waals surface area contributed by atoms with Crippen molar-refractivity contribution in [2.24, 2.45) is 35.0 Å². The maximum Gasteiger partial charge on any atom is 0.306 e. The van der Waals surface area contributed by atoms with Gasteiger partial charge in [-0.3, -0.25) is 14.4 Å². The Hall–Kier alpha value is -1.19. The van der Waals surface area contributed by atoms with Crippen LogP contribution in [-0.2, 0) is 19.1 Å². The van der Waals surface area contributed by atoms with Gasteiger partial charge in [-0.25, -0.2) is 0 Å². The zero-order valence-electron chi connectivity index (χ0n) is 15.1. The summed E-state index contributed by atoms with van der Waals surface area (Å²) >= 11 is 0. The van der Waals surface area contributed by atoms with Gasteiger partial charge >= 0.3 is 5.97 Å². The minimum absolute atomic E-state index is 0.00604. The zero-order valence-corrected chi connectivity index (χ0v) is 15.1. The summed E-state index contributed by atoms with van der Waals surface area (Å²) in [4.78, 5) is 36.6. The summed E-state index contributed by atoms with van der Waals surface area (Å²) in [5.74, 6) is 2.57. The van der Waals surface area contributed by atoms with Crippen molar-refractivity contribution in [1.82, 2.24) is 0 Å². The number of ketones is 2. The first-order valence-corrected chi connectivity index (χ1v) is 10.2. The highest BCUT2D eigenvalue weighted by atomic mass is 16.6. The lowest BCUT2D eigenvalue weighted by atomic mass is 9.49. The molecule has 1 unspecified atom stereocenters. The van der Waals surface area contributed by atoms with Crippen LogP contribution in [0, 0.1) is 35.0 Å². The number of hydrogen-bond donors (Lipinski definition) is 0. The van der Waals surface area contributed by atoms with Gasteiger partial charge in [0.25, 0.3) is 0 Å². The number of carbonyl (C=O) groups is 3. The molecule has 1 saturated heterocycles. The SMILES string of the molecule is C[C@]12CC[C@H]3[C@@H](CC(=O)C4CC(=O)CC[C@@H]43)[C@@H]1CC[C@@]21CCC(=O)O1. The lowest BCUT2D eigenvalue weighted by Crippen LogP contribution is -2.55. The topological polar surface area (TPSA) is 60.4 Å². The van der Waals surface area contributed by atoms with E-state index in [9.17, 15) is 14.4 Å². The molecule has 136 valence electrons. The van der Waals surface area contributed by atoms with E-state index in [4.69, 9.17) is 4.74 Å². The molecule has 4 saturated carbocycles. The molecule has 0 amide bonds. The van der Waals surface area contributed by atoms with E-state index in [2.05, 4.69) is 6.92 Å². The van der Waals surface area contributed by atoms with E-state index in [0.717, 1.165) is 38.5 Å². The molecule has 7 atom stereocenters. The van der Waals surface area contributed by atoms with E-state index in [-0.39, 0.29) is 28.7 Å². The third-order valence-corrected chi connectivity index (χ3v) is 8.95. The van der Waals surface area contributed by atoms with E-state index < -0.39 is 0 Å². The Morgan fingerprint density at radius 2 is 1.72 bits per heavy atom. The zero-order chi connectivity index (χ0) is 17.4. The van der Waals surface area contributed by atoms with Crippen molar-refractivity contribution in [3.05, 3.63) is 0 Å². The van der Waals surface area contributed by atoms with E-state index in [1.807, 2.05) is 0 Å². The molecule has 25 heavy (non-hydrogen) atoms. The Morgan fingerprint density at radius 3 is 2.48 bits per heavy atom. The summed E-state index contributed by atoms with van der Waals surface area (Å²) < 4.78 is 5.94. The molecule has 4 nitrogen and oxygen atoms in total. The molecule has 0 aromatic heterocycles. The van der Waals surface area contributed by atoms with Crippen molar-refractivity contribution >= 4 is 17.5 Å². The first kappa shape index (κ1) is 16.0. The van der Waals surface area contributed by atoms with Crippen LogP contribution in [0.4, 0.5) is 0 Å². The highest BCUT2D eigenvalue weighted by Gasteiger charge is 2.66. The monoisotopic (exact) mass is 344 g/mol. The smallest absolute Gasteiger partial charge is 0.306 e. The minimum atomic E-state index is -0.262. The van der Waals surface area contributed by atoms with Gasteiger partial charge in [0.15, 0.2) is 0 Å². The number of Topliss-reactive ketones (excluding diaryl/α,β-unsaturated/α-hetero) is 2. The number of esters is 1. The van der Waals surface area contributed by atoms with Crippen LogP contribution in [-0.4, -0.2) is 23.1 Å². The molecule has 0 N–H and O–H groups in total. The van der Waals surface area contributed by atoms with Gasteiger partial charge in [-0.1, -0.05) is 6.92 Å². The van der Waals surface area contributed by atoms with Crippen LogP contribution in [0.2, 0.25) is 0 Å². The maximum atomic E-state index is 12.8. The van der Waals surface area contributed by atoms with Gasteiger partial charge in [0, 0.05) is 37.0 Å². The first-order chi connectivity index (χ1) is 11.9. The fourth-order valence-electron chi connectivity index (χ4n) is 7.71. The van der Waals surface area contributed by atoms with E-state index in [0.29, 0.717) is 55.1 Å². The molecule has 4 aliphatic carbocycles. The second kappa shape index (κ2) is 5.17. The van der Waals surface area contributed by atoms with Crippen molar-refractivity contribution in [3.8, 4) is 0 Å². The van der Waals surface area contributed by atoms with Crippen LogP contribution in [0.25, 0.3) is 0 Å². The van der Waals surface area contributed by atoms with Crippen molar-refractivity contribution in [1.29, 1.82) is 0 Å². The highest BCUT2D eigenvalue weighted by Crippen LogP contribution is 2.67. The number of hydrogen-bond acceptors (Lipinski definition) is 4. The molecule has 0 aromatic rings. The fourth-order valence-corrected chi connectivity index (χ4v) is 7.71. The van der Waals surface area contributed by atoms with Crippen LogP contribution < -0.4 is 0 Å². The Labute approximate surface area is 149 Å². The van der Waals surface area contributed by atoms with Crippen LogP contribution in [0.5, 0.6) is 0 Å². The number of fused-ring (bicyclic) bond motifs is 6. The van der Waals surface area contributed by atoms with Crippen molar-refractivity contribution in [2.45, 2.75) is 76.7 Å². The average molecular weight is 344 g/mol. The summed E-state index contributed by atoms with van der Waals surface area (Å²) in [5, 5.41) is 0. The lowest BCUT2D eigenvalue weighted by Gasteiger charge is -2.56. The van der Waals surface area contributed by atoms with Crippen molar-refractivity contribution < 1.29 is 19.1 Å². The number of rotatable bonds is 0. The molecule has 1 aliphatic heterocycles. The van der Waals surface area contributed by atoms with Crippen LogP contribution in [0.15, 0.2) is 0 Å². The molecule has 5 aliphatic rings. The van der Waals surface area contributed by atoms with Gasteiger partial charge in [-0.05, 0) is 62.2 Å². The molecular formula is C21H28O4. The Morgan fingerprint density at radius 1 is 0.880 bits per heavy atom. The lowest BCUT2D eigenvalue weighted by molar-refractivity contribution is -0.170. The van der Waals surface area contributed by atoms with Gasteiger partial charge in [0.2, 0.25) is 0 Å². The van der Waals surface area contributed by atoms with E-state index in [1.165, 1.54) is 0 Å². The molecule has 1 spiro atoms. The van der Waals surface area contributed by atoms with Crippen LogP contribution >= 0.6 is 0 Å². The summed E-state index contributed by atoms with van der Waals surface area (Å²) in [5.41, 5.74) is -0.222. The Bertz CT molecular complexity index is 654. The van der Waals surface area contributed by atoms with Crippen molar-refractivity contribution in [2.75, 3.05) is 0 Å². The summed E-state index contributed by atoms with van der Waals surface area (Å²) in [6.07, 6.45) is 8.48. The third-order valence-electron chi connectivity index (χ3n) is 8.95. The average Bonchev–Trinajstić information content (AvgIpc) is 3.10. The van der Waals surface area contributed by atoms with Crippen molar-refractivity contribution in [3.63, 3.8) is 0 Å². The second-order valence-electron chi connectivity index (χ2n) is 9.62. The fraction of sp³-hybridized carbons (Fsp3) is 0.857. The summed E-state index contributed by atoms with van der Waals surface area (Å²) in [7, 11) is 0. The molecule has 1 heterocycles. The molecular weight excluding hydrogens is 316 g/mol. The van der Waals surface area contributed by atoms with Crippen LogP contribution in [0.1, 0.15) is 71.1 Å². The number of ether oxygens (including phenoxy) is 1. The summed E-state index contributed by atoms with van der Waals surface area (Å²) in [6.45, 7) is 2.33. The Balaban J connectivity index is 1.46. The first-order valence-electron chi connectivity index (χ1n) is 10.2. The largest absolute Gasteiger partial charge is 0.458 e. The normalized spacial score (nSPS) is 51.9. The van der Waals surface area contributed by atoms with E-state index >= 15 is 0 Å². The van der Waals surface area contributed by atoms with Gasteiger partial charge in [-0.2, -0.15) is 0 Å². The predicted molar refractivity (Wildman–Crippen MR) is 90.6 cm³/mol. The van der Waals surface area contributed by atoms with Crippen LogP contribution in [0.3, 0.4) is 0 Å². The molecule has 5 rings (SSSR count). The van der Waals surface area contributed by atoms with Gasteiger partial charge in [-0.15, -0.1) is 0 Å². The molecule has 5 fully saturated rings. The third kappa shape index (κ3) is 2.03. The second-order valence-corrected chi connectivity index (χ2v) is 9.62. The molecule has 0 aromatic carbocycles. The molecule has 0 radical (unpaired) electrons. The predicted octanol–water partition coefficient (Wildman–Crippen LogP) is 3.46. The maximum absolute atomic E-state index is 12.8. The van der Waals surface area contributed by atoms with Gasteiger partial charge in [0.05, 0.1) is 0 Å². The standard InChI is InChI=1S/C21H28O4/c1-20-7-4-14-13-3-2-12(22)10-16(13)18(23)11-15(14)17(20)5-8-21(20)9-6-19(24)25-21/h13-17H,2-11H2,1H3/t13-,14-,15-,16?,17+,20+,21-/m1/s1.